The van der Waals surface area contributed by atoms with Crippen molar-refractivity contribution in [1.82, 2.24) is 0 Å². The van der Waals surface area contributed by atoms with E-state index in [0.29, 0.717) is 47.9 Å². The second-order valence-electron chi connectivity index (χ2n) is 27.1. The van der Waals surface area contributed by atoms with Crippen molar-refractivity contribution in [3.63, 3.8) is 0 Å². The fourth-order valence-corrected chi connectivity index (χ4v) is 11.9. The molecule has 0 spiro atoms. The van der Waals surface area contributed by atoms with Gasteiger partial charge in [0.15, 0.2) is 165 Å². The third kappa shape index (κ3) is 24.6. The number of halogens is 20. The Morgan fingerprint density at radius 1 is 0.237 bits per heavy atom. The molecule has 12 rings (SSSR count). The Balaban J connectivity index is 0.000000174. The summed E-state index contributed by atoms with van der Waals surface area (Å²) in [6.45, 7) is 8.03. The molecule has 4 fully saturated rings. The summed E-state index contributed by atoms with van der Waals surface area (Å²) < 4.78 is 336. The van der Waals surface area contributed by atoms with Gasteiger partial charge in [-0.3, -0.25) is 0 Å². The van der Waals surface area contributed by atoms with Gasteiger partial charge in [0.1, 0.15) is 0 Å². The molecule has 620 valence electrons. The minimum absolute atomic E-state index is 0.000486. The van der Waals surface area contributed by atoms with Crippen molar-refractivity contribution < 1.29 is 145 Å². The number of aryl methyl sites for hydroxylation is 4. The molecule has 8 aromatic rings. The van der Waals surface area contributed by atoms with E-state index >= 15 is 0 Å². The molecule has 4 heterocycles. The van der Waals surface area contributed by atoms with Gasteiger partial charge in [-0.15, -0.1) is 0 Å². The standard InChI is InChI=1S/C22H23F5O3.C21H21F5O3.C20H19F5O3.C19H17F5O3/c1-2-3-4-5-13-6-18(25)21(19(26)7-13)28-10-14-11-29-22(30-12-14)15-8-16(23)20(27)17(24)9-15;1-2-3-4-12-5-17(24)20(18(25)6-12)27-9-13-10-28-21(29-11-13)14-7-15(22)19(26)16(23)8-14;1-2-3-11-4-16(23)19(17(24)5-11)26-8-12-9-27-20(28-10-12)13-6-14(21)18(25)15(22)7-13;1-2-10-3-15(22)18(16(23)4-10)25-7-11-8-26-19(27-9-11)12-5-13(20)17(24)14(21)6-12/h6-9,14,22H,2-5,10-12H2,1H3;5-8,13,21H,2-4,9-11H2,1H3;4-7,12,20H,2-3,8-10H2,1H3;3-6,11,19H,2,7-9H2,1H3. The highest BCUT2D eigenvalue weighted by molar-refractivity contribution is 5.35. The molecule has 0 aliphatic carbocycles. The van der Waals surface area contributed by atoms with Gasteiger partial charge in [0, 0.05) is 45.9 Å². The second kappa shape index (κ2) is 42.7. The molecule has 0 atom stereocenters. The topological polar surface area (TPSA) is 111 Å². The molecule has 0 radical (unpaired) electrons. The molecule has 114 heavy (non-hydrogen) atoms. The van der Waals surface area contributed by atoms with Gasteiger partial charge >= 0.3 is 0 Å². The van der Waals surface area contributed by atoms with Crippen LogP contribution in [-0.2, 0) is 63.6 Å². The molecule has 4 aliphatic rings. The fourth-order valence-electron chi connectivity index (χ4n) is 11.9. The lowest BCUT2D eigenvalue weighted by Gasteiger charge is -2.29. The molecule has 0 unspecified atom stereocenters. The highest BCUT2D eigenvalue weighted by Crippen LogP contribution is 2.36. The number of ether oxygens (including phenoxy) is 12. The highest BCUT2D eigenvalue weighted by atomic mass is 19.2. The van der Waals surface area contributed by atoms with Crippen LogP contribution in [0.3, 0.4) is 0 Å². The van der Waals surface area contributed by atoms with Crippen molar-refractivity contribution in [3.8, 4) is 23.0 Å². The summed E-state index contributed by atoms with van der Waals surface area (Å²) in [6.07, 6.45) is 3.34. The summed E-state index contributed by atoms with van der Waals surface area (Å²) in [6, 6.07) is 16.3. The molecule has 0 aromatic heterocycles. The zero-order valence-corrected chi connectivity index (χ0v) is 61.9. The minimum Gasteiger partial charge on any atom is -0.487 e. The summed E-state index contributed by atoms with van der Waals surface area (Å²) >= 11 is 0. The van der Waals surface area contributed by atoms with Gasteiger partial charge < -0.3 is 56.8 Å². The van der Waals surface area contributed by atoms with E-state index in [9.17, 15) is 87.8 Å². The fraction of sp³-hybridized carbons (Fsp3) is 0.415. The Hall–Kier alpha value is -8.76. The molecular formula is C82H80F20O12. The van der Waals surface area contributed by atoms with Crippen LogP contribution in [0.25, 0.3) is 0 Å². The van der Waals surface area contributed by atoms with Crippen molar-refractivity contribution in [2.24, 2.45) is 23.7 Å². The van der Waals surface area contributed by atoms with Crippen LogP contribution in [0.1, 0.15) is 136 Å². The van der Waals surface area contributed by atoms with Gasteiger partial charge in [0.25, 0.3) is 0 Å². The zero-order chi connectivity index (χ0) is 82.4. The van der Waals surface area contributed by atoms with Gasteiger partial charge in [-0.25, -0.2) is 87.8 Å². The maximum Gasteiger partial charge on any atom is 0.194 e. The minimum atomic E-state index is -1.57. The number of rotatable bonds is 26. The molecule has 0 bridgehead atoms. The molecule has 12 nitrogen and oxygen atoms in total. The van der Waals surface area contributed by atoms with E-state index in [1.807, 2.05) is 13.8 Å². The second-order valence-corrected chi connectivity index (χ2v) is 27.1. The lowest BCUT2D eigenvalue weighted by Crippen LogP contribution is -2.31. The Morgan fingerprint density at radius 3 is 0.640 bits per heavy atom. The normalized spacial score (nSPS) is 19.5. The number of hydrogen-bond acceptors (Lipinski definition) is 12. The Morgan fingerprint density at radius 2 is 0.439 bits per heavy atom. The van der Waals surface area contributed by atoms with E-state index in [1.165, 1.54) is 48.5 Å². The zero-order valence-electron chi connectivity index (χ0n) is 61.9. The number of hydrogen-bond donors (Lipinski definition) is 0. The monoisotopic (exact) mass is 1640 g/mol. The number of benzene rings is 8. The van der Waals surface area contributed by atoms with Crippen molar-refractivity contribution in [1.29, 1.82) is 0 Å². The quantitative estimate of drug-likeness (QED) is 0.0292. The molecule has 0 saturated carbocycles. The van der Waals surface area contributed by atoms with Crippen LogP contribution in [0.5, 0.6) is 23.0 Å². The molecule has 0 amide bonds. The lowest BCUT2D eigenvalue weighted by molar-refractivity contribution is -0.209. The largest absolute Gasteiger partial charge is 0.487 e. The van der Waals surface area contributed by atoms with E-state index in [2.05, 4.69) is 6.92 Å². The van der Waals surface area contributed by atoms with Crippen molar-refractivity contribution in [2.75, 3.05) is 79.3 Å². The molecule has 8 aromatic carbocycles. The first kappa shape index (κ1) is 89.2. The maximum atomic E-state index is 14.2. The van der Waals surface area contributed by atoms with Gasteiger partial charge in [-0.05, 0) is 158 Å². The van der Waals surface area contributed by atoms with Crippen LogP contribution < -0.4 is 18.9 Å². The van der Waals surface area contributed by atoms with Crippen LogP contribution in [0.15, 0.2) is 97.1 Å². The third-order valence-electron chi connectivity index (χ3n) is 17.9. The molecule has 32 heteroatoms. The van der Waals surface area contributed by atoms with Crippen LogP contribution in [-0.4, -0.2) is 79.3 Å². The van der Waals surface area contributed by atoms with Crippen molar-refractivity contribution >= 4 is 0 Å². The van der Waals surface area contributed by atoms with E-state index in [-0.39, 0.29) is 125 Å². The number of unbranched alkanes of at least 4 members (excludes halogenated alkanes) is 3. The smallest absolute Gasteiger partial charge is 0.194 e. The van der Waals surface area contributed by atoms with Gasteiger partial charge in [0.2, 0.25) is 0 Å². The lowest BCUT2D eigenvalue weighted by atomic mass is 10.1. The van der Waals surface area contributed by atoms with Crippen LogP contribution in [0.2, 0.25) is 0 Å². The van der Waals surface area contributed by atoms with Crippen LogP contribution in [0.4, 0.5) is 87.8 Å². The molecule has 4 saturated heterocycles. The predicted octanol–water partition coefficient (Wildman–Crippen LogP) is 21.1. The Bertz CT molecular complexity index is 4310. The van der Waals surface area contributed by atoms with E-state index in [0.717, 1.165) is 87.1 Å². The summed E-state index contributed by atoms with van der Waals surface area (Å²) in [5.74, 6) is -26.5. The van der Waals surface area contributed by atoms with Crippen LogP contribution >= 0.6 is 0 Å². The van der Waals surface area contributed by atoms with E-state index < -0.39 is 165 Å². The third-order valence-corrected chi connectivity index (χ3v) is 17.9. The summed E-state index contributed by atoms with van der Waals surface area (Å²) in [5.41, 5.74) is 2.22. The van der Waals surface area contributed by atoms with Gasteiger partial charge in [-0.1, -0.05) is 53.4 Å². The summed E-state index contributed by atoms with van der Waals surface area (Å²) in [5, 5.41) is 0. The van der Waals surface area contributed by atoms with E-state index in [4.69, 9.17) is 56.8 Å². The Kier molecular flexibility index (Phi) is 33.4. The first-order valence-corrected chi connectivity index (χ1v) is 36.5. The van der Waals surface area contributed by atoms with Crippen molar-refractivity contribution in [2.45, 2.75) is 117 Å². The average Bonchev–Trinajstić information content (AvgIpc) is 0.832. The van der Waals surface area contributed by atoms with Crippen LogP contribution in [0, 0.1) is 140 Å². The SMILES string of the molecule is CCCCCc1cc(F)c(OCC2COC(c3cc(F)c(F)c(F)c3)OC2)c(F)c1.CCCCc1cc(F)c(OCC2COC(c3cc(F)c(F)c(F)c3)OC2)c(F)c1.CCCc1cc(F)c(OCC2COC(c3cc(F)c(F)c(F)c3)OC2)c(F)c1.CCc1cc(F)c(OCC2COC(c3cc(F)c(F)c(F)c3)OC2)c(F)c1. The Labute approximate surface area is 643 Å². The molecule has 0 N–H and O–H groups in total. The van der Waals surface area contributed by atoms with Gasteiger partial charge in [0.05, 0.1) is 79.3 Å². The van der Waals surface area contributed by atoms with Gasteiger partial charge in [-0.2, -0.15) is 0 Å². The molecular weight excluding hydrogens is 1560 g/mol. The first-order valence-electron chi connectivity index (χ1n) is 36.5. The van der Waals surface area contributed by atoms with Crippen molar-refractivity contribution in [3.05, 3.63) is 258 Å². The maximum absolute atomic E-state index is 14.2. The van der Waals surface area contributed by atoms with E-state index in [1.54, 1.807) is 6.92 Å². The summed E-state index contributed by atoms with van der Waals surface area (Å²) in [7, 11) is 0. The molecule has 4 aliphatic heterocycles. The average molecular weight is 1640 g/mol. The summed E-state index contributed by atoms with van der Waals surface area (Å²) in [4.78, 5) is 0. The predicted molar refractivity (Wildman–Crippen MR) is 370 cm³/mol. The highest BCUT2D eigenvalue weighted by Gasteiger charge is 2.33. The first-order chi connectivity index (χ1) is 54.5.